The molecule has 2 N–H and O–H groups in total. The number of imide groups is 1. The van der Waals surface area contributed by atoms with E-state index in [-0.39, 0.29) is 17.8 Å². The number of hydrogen-bond acceptors (Lipinski definition) is 3. The van der Waals surface area contributed by atoms with E-state index in [9.17, 15) is 31.5 Å². The standard InChI is InChI=1S/C16H17F5N2O2S/c1-7(15(24)23-16(25)22-8-5-3-2-4-6-8)26-14-12(20)10(18)9(17)11(19)13(14)21/h7-8H,2-6H2,1H3,(H2,22,23,24,25)/t7-/m1/s1. The monoisotopic (exact) mass is 396 g/mol. The Bertz CT molecular complexity index is 681. The molecule has 0 bridgehead atoms. The Morgan fingerprint density at radius 2 is 1.42 bits per heavy atom. The van der Waals surface area contributed by atoms with E-state index in [1.807, 2.05) is 5.32 Å². The lowest BCUT2D eigenvalue weighted by Crippen LogP contribution is -2.47. The lowest BCUT2D eigenvalue weighted by molar-refractivity contribution is -0.119. The molecule has 1 aromatic carbocycles. The third-order valence-electron chi connectivity index (χ3n) is 4.01. The number of amides is 3. The van der Waals surface area contributed by atoms with Gasteiger partial charge in [0.1, 0.15) is 0 Å². The molecule has 0 heterocycles. The summed E-state index contributed by atoms with van der Waals surface area (Å²) in [6, 6.07) is -0.818. The van der Waals surface area contributed by atoms with Crippen molar-refractivity contribution in [2.45, 2.75) is 55.2 Å². The third-order valence-corrected chi connectivity index (χ3v) is 5.17. The highest BCUT2D eigenvalue weighted by atomic mass is 32.2. The highest BCUT2D eigenvalue weighted by Crippen LogP contribution is 2.33. The molecule has 2 rings (SSSR count). The van der Waals surface area contributed by atoms with Crippen LogP contribution in [0.1, 0.15) is 39.0 Å². The lowest BCUT2D eigenvalue weighted by atomic mass is 9.96. The van der Waals surface area contributed by atoms with Crippen LogP contribution in [0.2, 0.25) is 0 Å². The van der Waals surface area contributed by atoms with Gasteiger partial charge >= 0.3 is 6.03 Å². The molecule has 3 amide bonds. The zero-order chi connectivity index (χ0) is 19.4. The summed E-state index contributed by atoms with van der Waals surface area (Å²) >= 11 is 0.141. The first-order chi connectivity index (χ1) is 12.2. The van der Waals surface area contributed by atoms with Crippen LogP contribution in [0.25, 0.3) is 0 Å². The number of benzene rings is 1. The third kappa shape index (κ3) is 4.66. The van der Waals surface area contributed by atoms with Gasteiger partial charge in [0.25, 0.3) is 0 Å². The number of hydrogen-bond donors (Lipinski definition) is 2. The molecule has 1 saturated carbocycles. The molecule has 0 aromatic heterocycles. The first kappa shape index (κ1) is 20.5. The second-order valence-corrected chi connectivity index (χ2v) is 7.31. The molecular formula is C16H17F5N2O2S. The van der Waals surface area contributed by atoms with Crippen LogP contribution in [0, 0.1) is 29.1 Å². The smallest absolute Gasteiger partial charge is 0.321 e. The van der Waals surface area contributed by atoms with Gasteiger partial charge in [0.05, 0.1) is 10.1 Å². The van der Waals surface area contributed by atoms with Crippen molar-refractivity contribution in [2.75, 3.05) is 0 Å². The molecule has 1 fully saturated rings. The van der Waals surface area contributed by atoms with Crippen molar-refractivity contribution in [3.8, 4) is 0 Å². The molecule has 1 aliphatic carbocycles. The zero-order valence-corrected chi connectivity index (χ0v) is 14.6. The summed E-state index contributed by atoms with van der Waals surface area (Å²) in [5.41, 5.74) is 0. The van der Waals surface area contributed by atoms with Crippen molar-refractivity contribution in [1.82, 2.24) is 10.6 Å². The first-order valence-electron chi connectivity index (χ1n) is 8.01. The second kappa shape index (κ2) is 8.70. The van der Waals surface area contributed by atoms with Crippen molar-refractivity contribution in [1.29, 1.82) is 0 Å². The van der Waals surface area contributed by atoms with Gasteiger partial charge in [-0.25, -0.2) is 26.7 Å². The van der Waals surface area contributed by atoms with Crippen LogP contribution < -0.4 is 10.6 Å². The molecule has 4 nitrogen and oxygen atoms in total. The van der Waals surface area contributed by atoms with Crippen molar-refractivity contribution >= 4 is 23.7 Å². The quantitative estimate of drug-likeness (QED) is 0.350. The molecule has 1 aliphatic rings. The van der Waals surface area contributed by atoms with Gasteiger partial charge in [0, 0.05) is 6.04 Å². The normalized spacial score (nSPS) is 16.2. The molecule has 0 unspecified atom stereocenters. The minimum Gasteiger partial charge on any atom is -0.335 e. The van der Waals surface area contributed by atoms with Crippen LogP contribution in [0.4, 0.5) is 26.7 Å². The van der Waals surface area contributed by atoms with Crippen LogP contribution in [-0.4, -0.2) is 23.2 Å². The molecule has 1 aromatic rings. The van der Waals surface area contributed by atoms with Crippen LogP contribution in [0.15, 0.2) is 4.90 Å². The summed E-state index contributed by atoms with van der Waals surface area (Å²) in [5.74, 6) is -11.4. The summed E-state index contributed by atoms with van der Waals surface area (Å²) in [6.45, 7) is 1.19. The fraction of sp³-hybridized carbons (Fsp3) is 0.500. The predicted molar refractivity (Wildman–Crippen MR) is 85.1 cm³/mol. The number of urea groups is 1. The Morgan fingerprint density at radius 1 is 0.923 bits per heavy atom. The van der Waals surface area contributed by atoms with Crippen LogP contribution in [0.3, 0.4) is 0 Å². The Labute approximate surface area is 150 Å². The Morgan fingerprint density at radius 3 is 1.96 bits per heavy atom. The first-order valence-corrected chi connectivity index (χ1v) is 8.89. The van der Waals surface area contributed by atoms with Gasteiger partial charge in [-0.1, -0.05) is 19.3 Å². The molecular weight excluding hydrogens is 379 g/mol. The SMILES string of the molecule is C[C@@H](Sc1c(F)c(F)c(F)c(F)c1F)C(=O)NC(=O)NC1CCCCC1. The van der Waals surface area contributed by atoms with Gasteiger partial charge in [-0.2, -0.15) is 0 Å². The van der Waals surface area contributed by atoms with Crippen LogP contribution in [0.5, 0.6) is 0 Å². The van der Waals surface area contributed by atoms with E-state index in [1.165, 1.54) is 6.92 Å². The van der Waals surface area contributed by atoms with Gasteiger partial charge < -0.3 is 5.32 Å². The largest absolute Gasteiger partial charge is 0.335 e. The van der Waals surface area contributed by atoms with Crippen LogP contribution in [-0.2, 0) is 4.79 Å². The zero-order valence-electron chi connectivity index (χ0n) is 13.8. The molecule has 0 spiro atoms. The number of thioether (sulfide) groups is 1. The summed E-state index contributed by atoms with van der Waals surface area (Å²) in [7, 11) is 0. The molecule has 0 radical (unpaired) electrons. The molecule has 0 saturated heterocycles. The molecule has 144 valence electrons. The minimum atomic E-state index is -2.27. The topological polar surface area (TPSA) is 58.2 Å². The molecule has 10 heteroatoms. The van der Waals surface area contributed by atoms with E-state index in [1.54, 1.807) is 0 Å². The van der Waals surface area contributed by atoms with Crippen LogP contribution >= 0.6 is 11.8 Å². The van der Waals surface area contributed by atoms with Crippen molar-refractivity contribution in [3.63, 3.8) is 0 Å². The van der Waals surface area contributed by atoms with E-state index < -0.39 is 51.2 Å². The minimum absolute atomic E-state index is 0.0605. The average Bonchev–Trinajstić information content (AvgIpc) is 2.62. The molecule has 1 atom stereocenters. The highest BCUT2D eigenvalue weighted by Gasteiger charge is 2.29. The summed E-state index contributed by atoms with van der Waals surface area (Å²) in [4.78, 5) is 22.6. The maximum Gasteiger partial charge on any atom is 0.321 e. The number of nitrogens with one attached hydrogen (secondary N) is 2. The summed E-state index contributed by atoms with van der Waals surface area (Å²) in [5, 5.41) is 3.37. The van der Waals surface area contributed by atoms with E-state index in [2.05, 4.69) is 5.32 Å². The Hall–Kier alpha value is -1.84. The van der Waals surface area contributed by atoms with E-state index in [0.29, 0.717) is 0 Å². The highest BCUT2D eigenvalue weighted by molar-refractivity contribution is 8.00. The number of carbonyl (C=O) groups is 2. The fourth-order valence-corrected chi connectivity index (χ4v) is 3.51. The van der Waals surface area contributed by atoms with Gasteiger partial charge in [-0.15, -0.1) is 11.8 Å². The second-order valence-electron chi connectivity index (χ2n) is 5.96. The summed E-state index contributed by atoms with van der Waals surface area (Å²) < 4.78 is 66.7. The average molecular weight is 396 g/mol. The predicted octanol–water partition coefficient (Wildman–Crippen LogP) is 4.02. The van der Waals surface area contributed by atoms with E-state index in [4.69, 9.17) is 0 Å². The summed E-state index contributed by atoms with van der Waals surface area (Å²) in [6.07, 6.45) is 4.58. The van der Waals surface area contributed by atoms with Gasteiger partial charge in [-0.05, 0) is 19.8 Å². The van der Waals surface area contributed by atoms with Crippen molar-refractivity contribution < 1.29 is 31.5 Å². The number of rotatable bonds is 4. The van der Waals surface area contributed by atoms with E-state index >= 15 is 0 Å². The molecule has 26 heavy (non-hydrogen) atoms. The lowest BCUT2D eigenvalue weighted by Gasteiger charge is -2.23. The Balaban J connectivity index is 2.00. The van der Waals surface area contributed by atoms with Gasteiger partial charge in [0.2, 0.25) is 11.7 Å². The Kier molecular flexibility index (Phi) is 6.85. The maximum atomic E-state index is 13.6. The maximum absolute atomic E-state index is 13.6. The number of halogens is 5. The van der Waals surface area contributed by atoms with Gasteiger partial charge in [-0.3, -0.25) is 10.1 Å². The van der Waals surface area contributed by atoms with E-state index in [0.717, 1.165) is 32.1 Å². The number of carbonyl (C=O) groups excluding carboxylic acids is 2. The van der Waals surface area contributed by atoms with Crippen molar-refractivity contribution in [3.05, 3.63) is 29.1 Å². The molecule has 0 aliphatic heterocycles. The van der Waals surface area contributed by atoms with Gasteiger partial charge in [0.15, 0.2) is 23.3 Å². The van der Waals surface area contributed by atoms with Crippen molar-refractivity contribution in [2.24, 2.45) is 0 Å². The fourth-order valence-electron chi connectivity index (χ4n) is 2.60.